The molecule has 0 bridgehead atoms. The highest BCUT2D eigenvalue weighted by atomic mass is 35.5. The van der Waals surface area contributed by atoms with Crippen molar-refractivity contribution >= 4 is 29.1 Å². The molecule has 2 aromatic carbocycles. The number of piperidine rings is 1. The number of amides is 2. The zero-order valence-corrected chi connectivity index (χ0v) is 19.1. The molecule has 1 unspecified atom stereocenters. The van der Waals surface area contributed by atoms with Crippen LogP contribution in [0.5, 0.6) is 5.75 Å². The second-order valence-corrected chi connectivity index (χ2v) is 8.97. The van der Waals surface area contributed by atoms with Gasteiger partial charge in [0.15, 0.2) is 11.6 Å². The molecule has 0 aliphatic carbocycles. The Hall–Kier alpha value is -2.71. The number of rotatable bonds is 6. The number of ether oxygens (including phenoxy) is 1. The van der Waals surface area contributed by atoms with Crippen LogP contribution in [0.3, 0.4) is 0 Å². The highest BCUT2D eigenvalue weighted by Gasteiger charge is 2.37. The van der Waals surface area contributed by atoms with Crippen LogP contribution in [-0.4, -0.2) is 49.5 Å². The molecule has 0 aromatic heterocycles. The number of carbonyl (C=O) groups excluding carboxylic acids is 2. The van der Waals surface area contributed by atoms with Gasteiger partial charge in [0.25, 0.3) is 0 Å². The minimum absolute atomic E-state index is 0.0172. The van der Waals surface area contributed by atoms with Gasteiger partial charge in [-0.05, 0) is 48.7 Å². The van der Waals surface area contributed by atoms with E-state index in [2.05, 4.69) is 10.2 Å². The Balaban J connectivity index is 1.29. The summed E-state index contributed by atoms with van der Waals surface area (Å²) in [5.74, 6) is -1.88. The second-order valence-electron chi connectivity index (χ2n) is 8.53. The summed E-state index contributed by atoms with van der Waals surface area (Å²) in [7, 11) is 1.52. The SMILES string of the molecule is COc1ccc(Cl)cc1N1CC(C(=O)NC2CCN(Cc3ccc(F)c(F)c3)CC2)CC1=O. The molecule has 1 atom stereocenters. The van der Waals surface area contributed by atoms with Gasteiger partial charge in [-0.3, -0.25) is 14.5 Å². The first-order valence-corrected chi connectivity index (χ1v) is 11.3. The van der Waals surface area contributed by atoms with Gasteiger partial charge in [0, 0.05) is 43.7 Å². The number of benzene rings is 2. The fourth-order valence-electron chi connectivity index (χ4n) is 4.44. The third kappa shape index (κ3) is 5.45. The van der Waals surface area contributed by atoms with E-state index in [1.165, 1.54) is 13.2 Å². The molecule has 1 N–H and O–H groups in total. The molecule has 6 nitrogen and oxygen atoms in total. The van der Waals surface area contributed by atoms with Crippen molar-refractivity contribution in [3.63, 3.8) is 0 Å². The molecule has 2 aliphatic heterocycles. The molecule has 4 rings (SSSR count). The number of nitrogens with zero attached hydrogens (tertiary/aromatic N) is 2. The van der Waals surface area contributed by atoms with E-state index in [1.54, 1.807) is 29.2 Å². The molecular weight excluding hydrogens is 452 g/mol. The first-order chi connectivity index (χ1) is 15.8. The number of nitrogens with one attached hydrogen (secondary N) is 1. The maximum atomic E-state index is 13.4. The summed E-state index contributed by atoms with van der Waals surface area (Å²) in [4.78, 5) is 29.2. The quantitative estimate of drug-likeness (QED) is 0.688. The number of hydrogen-bond acceptors (Lipinski definition) is 4. The Bertz CT molecular complexity index is 1040. The molecule has 2 aromatic rings. The first-order valence-electron chi connectivity index (χ1n) is 10.9. The predicted molar refractivity (Wildman–Crippen MR) is 121 cm³/mol. The number of likely N-dealkylation sites (tertiary alicyclic amines) is 1. The van der Waals surface area contributed by atoms with Crippen LogP contribution >= 0.6 is 11.6 Å². The van der Waals surface area contributed by atoms with Gasteiger partial charge in [-0.15, -0.1) is 0 Å². The predicted octanol–water partition coefficient (Wildman–Crippen LogP) is 3.76. The normalized spacial score (nSPS) is 19.7. The lowest BCUT2D eigenvalue weighted by atomic mass is 10.0. The van der Waals surface area contributed by atoms with Gasteiger partial charge in [-0.2, -0.15) is 0 Å². The van der Waals surface area contributed by atoms with E-state index in [-0.39, 0.29) is 30.8 Å². The second kappa shape index (κ2) is 10.1. The molecule has 2 aliphatic rings. The highest BCUT2D eigenvalue weighted by molar-refractivity contribution is 6.31. The zero-order chi connectivity index (χ0) is 23.5. The van der Waals surface area contributed by atoms with Crippen molar-refractivity contribution in [2.45, 2.75) is 31.8 Å². The van der Waals surface area contributed by atoms with Crippen LogP contribution < -0.4 is 15.0 Å². The van der Waals surface area contributed by atoms with Gasteiger partial charge >= 0.3 is 0 Å². The third-order valence-corrected chi connectivity index (χ3v) is 6.49. The van der Waals surface area contributed by atoms with Crippen LogP contribution in [0, 0.1) is 17.6 Å². The van der Waals surface area contributed by atoms with Crippen LogP contribution in [0.1, 0.15) is 24.8 Å². The lowest BCUT2D eigenvalue weighted by Gasteiger charge is -2.32. The van der Waals surface area contributed by atoms with Crippen molar-refractivity contribution in [2.75, 3.05) is 31.6 Å². The van der Waals surface area contributed by atoms with Crippen LogP contribution in [0.15, 0.2) is 36.4 Å². The van der Waals surface area contributed by atoms with Crippen LogP contribution in [-0.2, 0) is 16.1 Å². The summed E-state index contributed by atoms with van der Waals surface area (Å²) in [6.45, 7) is 2.28. The van der Waals surface area contributed by atoms with Crippen LogP contribution in [0.4, 0.5) is 14.5 Å². The van der Waals surface area contributed by atoms with Gasteiger partial charge in [0.2, 0.25) is 11.8 Å². The van der Waals surface area contributed by atoms with E-state index in [0.29, 0.717) is 23.0 Å². The summed E-state index contributed by atoms with van der Waals surface area (Å²) >= 11 is 6.09. The molecule has 33 heavy (non-hydrogen) atoms. The zero-order valence-electron chi connectivity index (χ0n) is 18.3. The van der Waals surface area contributed by atoms with Crippen molar-refractivity contribution in [1.82, 2.24) is 10.2 Å². The van der Waals surface area contributed by atoms with Crippen molar-refractivity contribution in [3.8, 4) is 5.75 Å². The van der Waals surface area contributed by atoms with Gasteiger partial charge in [0.1, 0.15) is 5.75 Å². The molecule has 176 valence electrons. The average molecular weight is 478 g/mol. The number of halogens is 3. The van der Waals surface area contributed by atoms with Crippen molar-refractivity contribution in [1.29, 1.82) is 0 Å². The van der Waals surface area contributed by atoms with Crippen LogP contribution in [0.25, 0.3) is 0 Å². The first kappa shape index (κ1) is 23.4. The largest absolute Gasteiger partial charge is 0.495 e. The molecule has 2 heterocycles. The number of anilines is 1. The van der Waals surface area contributed by atoms with E-state index in [4.69, 9.17) is 16.3 Å². The highest BCUT2D eigenvalue weighted by Crippen LogP contribution is 2.35. The smallest absolute Gasteiger partial charge is 0.227 e. The standard InChI is InChI=1S/C24H26ClF2N3O3/c1-33-22-5-3-17(25)12-21(22)30-14-16(11-23(30)31)24(32)28-18-6-8-29(9-7-18)13-15-2-4-19(26)20(27)10-15/h2-5,10,12,16,18H,6-9,11,13-14H2,1H3,(H,28,32). The van der Waals surface area contributed by atoms with E-state index >= 15 is 0 Å². The third-order valence-electron chi connectivity index (χ3n) is 6.25. The Morgan fingerprint density at radius 1 is 1.15 bits per heavy atom. The van der Waals surface area contributed by atoms with E-state index in [0.717, 1.165) is 37.6 Å². The van der Waals surface area contributed by atoms with E-state index in [1.807, 2.05) is 0 Å². The molecule has 2 amide bonds. The number of carbonyl (C=O) groups is 2. The Labute approximate surface area is 196 Å². The fraction of sp³-hybridized carbons (Fsp3) is 0.417. The molecule has 0 saturated carbocycles. The van der Waals surface area contributed by atoms with Crippen molar-refractivity contribution < 1.29 is 23.1 Å². The Morgan fingerprint density at radius 2 is 1.91 bits per heavy atom. The summed E-state index contributed by atoms with van der Waals surface area (Å²) < 4.78 is 31.9. The lowest BCUT2D eigenvalue weighted by molar-refractivity contribution is -0.127. The summed E-state index contributed by atoms with van der Waals surface area (Å²) in [6, 6.07) is 9.03. The average Bonchev–Trinajstić information content (AvgIpc) is 3.19. The van der Waals surface area contributed by atoms with Gasteiger partial charge in [-0.1, -0.05) is 17.7 Å². The van der Waals surface area contributed by atoms with Crippen LogP contribution in [0.2, 0.25) is 5.02 Å². The van der Waals surface area contributed by atoms with Crippen molar-refractivity contribution in [3.05, 3.63) is 58.6 Å². The maximum absolute atomic E-state index is 13.4. The molecule has 9 heteroatoms. The van der Waals surface area contributed by atoms with Crippen molar-refractivity contribution in [2.24, 2.45) is 5.92 Å². The van der Waals surface area contributed by atoms with Gasteiger partial charge in [0.05, 0.1) is 18.7 Å². The summed E-state index contributed by atoms with van der Waals surface area (Å²) in [5.41, 5.74) is 1.29. The lowest BCUT2D eigenvalue weighted by Crippen LogP contribution is -2.46. The Morgan fingerprint density at radius 3 is 2.61 bits per heavy atom. The number of hydrogen-bond donors (Lipinski definition) is 1. The molecule has 0 radical (unpaired) electrons. The minimum Gasteiger partial charge on any atom is -0.495 e. The van der Waals surface area contributed by atoms with E-state index in [9.17, 15) is 18.4 Å². The maximum Gasteiger partial charge on any atom is 0.227 e. The summed E-state index contributed by atoms with van der Waals surface area (Å²) in [6.07, 6.45) is 1.64. The monoisotopic (exact) mass is 477 g/mol. The summed E-state index contributed by atoms with van der Waals surface area (Å²) in [5, 5.41) is 3.57. The van der Waals surface area contributed by atoms with Gasteiger partial charge in [-0.25, -0.2) is 8.78 Å². The number of methoxy groups -OCH3 is 1. The van der Waals surface area contributed by atoms with Gasteiger partial charge < -0.3 is 15.0 Å². The molecule has 2 fully saturated rings. The molecular formula is C24H26ClF2N3O3. The molecule has 0 spiro atoms. The Kier molecular flexibility index (Phi) is 7.14. The van der Waals surface area contributed by atoms with E-state index < -0.39 is 17.6 Å². The molecule has 2 saturated heterocycles. The topological polar surface area (TPSA) is 61.9 Å². The minimum atomic E-state index is -0.849. The fourth-order valence-corrected chi connectivity index (χ4v) is 4.61.